The maximum absolute atomic E-state index is 12.9. The van der Waals surface area contributed by atoms with Crippen LogP contribution in [0.2, 0.25) is 0 Å². The molecule has 0 radical (unpaired) electrons. The van der Waals surface area contributed by atoms with E-state index in [0.717, 1.165) is 17.6 Å². The van der Waals surface area contributed by atoms with Crippen molar-refractivity contribution in [3.05, 3.63) is 28.3 Å². The molecule has 7 nitrogen and oxygen atoms in total. The number of thiophene rings is 1. The predicted octanol–water partition coefficient (Wildman–Crippen LogP) is 2.88. The first kappa shape index (κ1) is 20.8. The Morgan fingerprint density at radius 3 is 2.71 bits per heavy atom. The average Bonchev–Trinajstić information content (AvgIpc) is 3.18. The molecule has 0 saturated carbocycles. The topological polar surface area (TPSA) is 92.5 Å². The van der Waals surface area contributed by atoms with Gasteiger partial charge in [0.15, 0.2) is 0 Å². The first-order chi connectivity index (χ1) is 13.0. The van der Waals surface area contributed by atoms with Gasteiger partial charge in [-0.05, 0) is 31.9 Å². The Bertz CT molecular complexity index is 982. The number of nitrogens with zero attached hydrogens (tertiary/aromatic N) is 2. The van der Waals surface area contributed by atoms with Crippen LogP contribution in [0.1, 0.15) is 33.8 Å². The van der Waals surface area contributed by atoms with Crippen LogP contribution in [-0.2, 0) is 16.2 Å². The van der Waals surface area contributed by atoms with Crippen molar-refractivity contribution < 1.29 is 30.9 Å². The number of carbonyl (C=O) groups excluding carboxylic acids is 1. The summed E-state index contributed by atoms with van der Waals surface area (Å²) in [5, 5.41) is 3.50. The lowest BCUT2D eigenvalue weighted by Gasteiger charge is -2.32. The van der Waals surface area contributed by atoms with Crippen molar-refractivity contribution in [3.63, 3.8) is 0 Å². The van der Waals surface area contributed by atoms with Crippen molar-refractivity contribution in [2.45, 2.75) is 32.0 Å². The highest BCUT2D eigenvalue weighted by Crippen LogP contribution is 2.38. The summed E-state index contributed by atoms with van der Waals surface area (Å²) in [4.78, 5) is 15.0. The fourth-order valence-electron chi connectivity index (χ4n) is 3.13. The lowest BCUT2D eigenvalue weighted by Crippen LogP contribution is -2.49. The minimum Gasteiger partial charge on any atom is -0.351 e. The van der Waals surface area contributed by atoms with Crippen LogP contribution in [0, 0.1) is 6.92 Å². The zero-order chi connectivity index (χ0) is 20.7. The number of amides is 1. The van der Waals surface area contributed by atoms with Crippen molar-refractivity contribution >= 4 is 27.3 Å². The summed E-state index contributed by atoms with van der Waals surface area (Å²) in [5.41, 5.74) is -0.0876. The van der Waals surface area contributed by atoms with Crippen LogP contribution in [0.3, 0.4) is 0 Å². The normalized spacial score (nSPS) is 18.5. The van der Waals surface area contributed by atoms with Gasteiger partial charge in [0.1, 0.15) is 5.69 Å². The summed E-state index contributed by atoms with van der Waals surface area (Å²) in [5.74, 6) is -1.46. The highest BCUT2D eigenvalue weighted by atomic mass is 32.2. The molecular formula is C16H18F3N3O4S2. The van der Waals surface area contributed by atoms with E-state index in [1.807, 2.05) is 0 Å². The molecule has 1 fully saturated rings. The largest absolute Gasteiger partial charge is 0.452 e. The molecule has 0 bridgehead atoms. The average molecular weight is 437 g/mol. The number of likely N-dealkylation sites (tertiary alicyclic amines) is 1. The molecule has 1 aliphatic rings. The van der Waals surface area contributed by atoms with E-state index in [1.165, 1.54) is 19.1 Å². The Kier molecular flexibility index (Phi) is 5.56. The van der Waals surface area contributed by atoms with Gasteiger partial charge in [-0.15, -0.1) is 11.3 Å². The molecule has 1 N–H and O–H groups in total. The zero-order valence-corrected chi connectivity index (χ0v) is 16.7. The molecule has 1 saturated heterocycles. The van der Waals surface area contributed by atoms with Gasteiger partial charge >= 0.3 is 6.18 Å². The Labute approximate surface area is 163 Å². The van der Waals surface area contributed by atoms with Gasteiger partial charge in [-0.3, -0.25) is 4.79 Å². The molecule has 1 amide bonds. The van der Waals surface area contributed by atoms with Gasteiger partial charge in [-0.25, -0.2) is 13.1 Å². The number of hydrogen-bond donors (Lipinski definition) is 1. The van der Waals surface area contributed by atoms with Crippen LogP contribution < -0.4 is 4.72 Å². The fourth-order valence-corrected chi connectivity index (χ4v) is 4.94. The summed E-state index contributed by atoms with van der Waals surface area (Å²) in [6, 6.07) is 2.69. The fraction of sp³-hybridized carbons (Fsp3) is 0.500. The molecule has 1 aliphatic heterocycles. The van der Waals surface area contributed by atoms with Gasteiger partial charge in [0.25, 0.3) is 5.91 Å². The lowest BCUT2D eigenvalue weighted by molar-refractivity contribution is -0.156. The zero-order valence-electron chi connectivity index (χ0n) is 15.0. The number of aromatic nitrogens is 1. The first-order valence-corrected chi connectivity index (χ1v) is 11.1. The number of alkyl halides is 3. The molecule has 3 rings (SSSR count). The standard InChI is InChI=1S/C16H18F3N3O4S2/c1-9-13(20-26-14(9)16(17,18)19)11-5-6-12(27-11)15(23)22-7-3-4-10(8-22)21-28(2,24)25/h5-6,10,21H,3-4,7-8H2,1-2H3. The summed E-state index contributed by atoms with van der Waals surface area (Å²) >= 11 is 1.02. The van der Waals surface area contributed by atoms with Gasteiger partial charge in [0, 0.05) is 24.7 Å². The van der Waals surface area contributed by atoms with Crippen LogP contribution in [0.25, 0.3) is 10.6 Å². The molecule has 28 heavy (non-hydrogen) atoms. The van der Waals surface area contributed by atoms with Crippen LogP contribution in [0.15, 0.2) is 16.7 Å². The Balaban J connectivity index is 1.77. The van der Waals surface area contributed by atoms with E-state index in [-0.39, 0.29) is 29.8 Å². The number of hydrogen-bond acceptors (Lipinski definition) is 6. The number of halogens is 3. The molecule has 3 heterocycles. The maximum Gasteiger partial charge on any atom is 0.452 e. The van der Waals surface area contributed by atoms with Crippen LogP contribution in [0.4, 0.5) is 13.2 Å². The number of carbonyl (C=O) groups is 1. The monoisotopic (exact) mass is 437 g/mol. The number of piperidine rings is 1. The van der Waals surface area contributed by atoms with E-state index in [9.17, 15) is 26.4 Å². The molecule has 154 valence electrons. The molecule has 0 aliphatic carbocycles. The Morgan fingerprint density at radius 2 is 2.11 bits per heavy atom. The Morgan fingerprint density at radius 1 is 1.39 bits per heavy atom. The molecule has 0 aromatic carbocycles. The second-order valence-electron chi connectivity index (χ2n) is 6.63. The molecule has 1 atom stereocenters. The SMILES string of the molecule is Cc1c(-c2ccc(C(=O)N3CCCC(NS(C)(=O)=O)C3)s2)noc1C(F)(F)F. The van der Waals surface area contributed by atoms with E-state index in [4.69, 9.17) is 0 Å². The second kappa shape index (κ2) is 7.48. The number of rotatable bonds is 4. The van der Waals surface area contributed by atoms with Crippen molar-refractivity contribution in [1.29, 1.82) is 0 Å². The van der Waals surface area contributed by atoms with Gasteiger partial charge in [0.05, 0.1) is 16.0 Å². The summed E-state index contributed by atoms with van der Waals surface area (Å²) < 4.78 is 68.3. The molecule has 0 spiro atoms. The van der Waals surface area contributed by atoms with Gasteiger partial charge in [-0.2, -0.15) is 13.2 Å². The van der Waals surface area contributed by atoms with Gasteiger partial charge in [-0.1, -0.05) is 5.16 Å². The van der Waals surface area contributed by atoms with E-state index >= 15 is 0 Å². The third kappa shape index (κ3) is 4.55. The van der Waals surface area contributed by atoms with Gasteiger partial charge in [0.2, 0.25) is 15.8 Å². The van der Waals surface area contributed by atoms with Crippen molar-refractivity contribution in [2.75, 3.05) is 19.3 Å². The van der Waals surface area contributed by atoms with E-state index in [1.54, 1.807) is 4.90 Å². The first-order valence-electron chi connectivity index (χ1n) is 8.36. The molecule has 12 heteroatoms. The highest BCUT2D eigenvalue weighted by molar-refractivity contribution is 7.88. The molecule has 2 aromatic heterocycles. The van der Waals surface area contributed by atoms with Crippen molar-refractivity contribution in [3.8, 4) is 10.6 Å². The minimum atomic E-state index is -4.64. The van der Waals surface area contributed by atoms with Gasteiger partial charge < -0.3 is 9.42 Å². The van der Waals surface area contributed by atoms with Crippen LogP contribution in [-0.4, -0.2) is 49.8 Å². The van der Waals surface area contributed by atoms with Crippen molar-refractivity contribution in [1.82, 2.24) is 14.8 Å². The predicted molar refractivity (Wildman–Crippen MR) is 96.5 cm³/mol. The maximum atomic E-state index is 12.9. The third-order valence-electron chi connectivity index (χ3n) is 4.32. The highest BCUT2D eigenvalue weighted by Gasteiger charge is 2.39. The second-order valence-corrected chi connectivity index (χ2v) is 9.49. The Hall–Kier alpha value is -1.92. The summed E-state index contributed by atoms with van der Waals surface area (Å²) in [7, 11) is -3.38. The molecular weight excluding hydrogens is 419 g/mol. The van der Waals surface area contributed by atoms with Crippen molar-refractivity contribution in [2.24, 2.45) is 0 Å². The summed E-state index contributed by atoms with van der Waals surface area (Å²) in [6.45, 7) is 1.98. The third-order valence-corrected chi connectivity index (χ3v) is 6.16. The number of nitrogens with one attached hydrogen (secondary N) is 1. The number of sulfonamides is 1. The smallest absolute Gasteiger partial charge is 0.351 e. The van der Waals surface area contributed by atoms with Crippen LogP contribution in [0.5, 0.6) is 0 Å². The summed E-state index contributed by atoms with van der Waals surface area (Å²) in [6.07, 6.45) is -2.30. The van der Waals surface area contributed by atoms with E-state index in [2.05, 4.69) is 14.4 Å². The quantitative estimate of drug-likeness (QED) is 0.794. The van der Waals surface area contributed by atoms with E-state index in [0.29, 0.717) is 29.1 Å². The van der Waals surface area contributed by atoms with E-state index < -0.39 is 22.0 Å². The molecule has 1 unspecified atom stereocenters. The van der Waals surface area contributed by atoms with Crippen LogP contribution >= 0.6 is 11.3 Å². The minimum absolute atomic E-state index is 0.0478. The molecule has 2 aromatic rings. The lowest BCUT2D eigenvalue weighted by atomic mass is 10.1.